The van der Waals surface area contributed by atoms with Crippen molar-refractivity contribution in [2.75, 3.05) is 0 Å². The van der Waals surface area contributed by atoms with Gasteiger partial charge in [0.05, 0.1) is 16.8 Å². The van der Waals surface area contributed by atoms with Gasteiger partial charge in [0, 0.05) is 43.9 Å². The molecule has 2 aromatic heterocycles. The molecule has 3 heterocycles. The van der Waals surface area contributed by atoms with E-state index in [0.29, 0.717) is 0 Å². The average molecular weight is 760 g/mol. The monoisotopic (exact) mass is 759 g/mol. The van der Waals surface area contributed by atoms with Gasteiger partial charge in [-0.05, 0) is 99.8 Å². The minimum absolute atomic E-state index is 0.482. The zero-order valence-corrected chi connectivity index (χ0v) is 33.0. The maximum Gasteiger partial charge on any atom is 0.160 e. The number of pyridine rings is 1. The summed E-state index contributed by atoms with van der Waals surface area (Å²) in [5.41, 5.74) is 19.2. The molecule has 1 spiro atoms. The molecule has 0 fully saturated rings. The van der Waals surface area contributed by atoms with E-state index in [0.717, 1.165) is 45.2 Å². The number of hydrogen-bond acceptors (Lipinski definition) is 4. The van der Waals surface area contributed by atoms with E-state index in [2.05, 4.69) is 184 Å². The van der Waals surface area contributed by atoms with Crippen LogP contribution >= 0.6 is 11.8 Å². The highest BCUT2D eigenvalue weighted by atomic mass is 32.2. The number of aryl methyl sites for hydroxylation is 2. The summed E-state index contributed by atoms with van der Waals surface area (Å²) in [5.74, 6) is 0.732. The molecule has 0 bridgehead atoms. The van der Waals surface area contributed by atoms with Crippen LogP contribution < -0.4 is 0 Å². The van der Waals surface area contributed by atoms with Crippen LogP contribution in [0.4, 0.5) is 0 Å². The van der Waals surface area contributed by atoms with E-state index in [9.17, 15) is 0 Å². The van der Waals surface area contributed by atoms with E-state index < -0.39 is 5.41 Å². The molecule has 1 aliphatic heterocycles. The van der Waals surface area contributed by atoms with Gasteiger partial charge in [-0.2, -0.15) is 0 Å². The molecule has 0 amide bonds. The number of nitrogens with zero attached hydrogens (tertiary/aromatic N) is 3. The zero-order chi connectivity index (χ0) is 38.8. The second-order valence-corrected chi connectivity index (χ2v) is 16.4. The Hall–Kier alpha value is -6.88. The molecule has 0 saturated heterocycles. The quantitative estimate of drug-likeness (QED) is 0.175. The Morgan fingerprint density at radius 1 is 0.397 bits per heavy atom. The van der Waals surface area contributed by atoms with Gasteiger partial charge in [-0.25, -0.2) is 9.97 Å². The third-order valence-electron chi connectivity index (χ3n) is 11.8. The van der Waals surface area contributed by atoms with E-state index in [1.807, 2.05) is 30.1 Å². The summed E-state index contributed by atoms with van der Waals surface area (Å²) in [5, 5.41) is 0. The van der Waals surface area contributed by atoms with E-state index in [1.54, 1.807) is 0 Å². The summed E-state index contributed by atoms with van der Waals surface area (Å²) in [6, 6.07) is 65.7. The fourth-order valence-corrected chi connectivity index (χ4v) is 10.4. The van der Waals surface area contributed by atoms with Crippen LogP contribution in [0.5, 0.6) is 0 Å². The van der Waals surface area contributed by atoms with Crippen molar-refractivity contribution >= 4 is 11.8 Å². The van der Waals surface area contributed by atoms with Crippen LogP contribution in [-0.4, -0.2) is 15.0 Å². The van der Waals surface area contributed by atoms with E-state index in [4.69, 9.17) is 15.0 Å². The summed E-state index contributed by atoms with van der Waals surface area (Å²) in [7, 11) is 0. The Labute approximate surface area is 343 Å². The summed E-state index contributed by atoms with van der Waals surface area (Å²) >= 11 is 1.87. The molecule has 0 saturated carbocycles. The van der Waals surface area contributed by atoms with Gasteiger partial charge >= 0.3 is 0 Å². The van der Waals surface area contributed by atoms with Crippen LogP contribution in [0, 0.1) is 13.8 Å². The van der Waals surface area contributed by atoms with Gasteiger partial charge in [-0.15, -0.1) is 0 Å². The van der Waals surface area contributed by atoms with Crippen molar-refractivity contribution in [3.63, 3.8) is 0 Å². The number of aromatic nitrogens is 3. The normalized spacial score (nSPS) is 14.7. The Morgan fingerprint density at radius 2 is 0.983 bits per heavy atom. The lowest BCUT2D eigenvalue weighted by Gasteiger charge is -2.40. The van der Waals surface area contributed by atoms with Crippen molar-refractivity contribution in [1.29, 1.82) is 0 Å². The first kappa shape index (κ1) is 34.4. The molecule has 11 rings (SSSR count). The lowest BCUT2D eigenvalue weighted by atomic mass is 9.67. The fourth-order valence-electron chi connectivity index (χ4n) is 9.15. The first-order valence-corrected chi connectivity index (χ1v) is 20.6. The minimum Gasteiger partial charge on any atom is -0.256 e. The highest BCUT2D eigenvalue weighted by Crippen LogP contribution is 2.62. The molecule has 4 heteroatoms. The third kappa shape index (κ3) is 5.48. The third-order valence-corrected chi connectivity index (χ3v) is 13.0. The molecule has 274 valence electrons. The van der Waals surface area contributed by atoms with Crippen LogP contribution in [-0.2, 0) is 5.41 Å². The standard InChI is InChI=1S/C54H37N3S/c1-34-29-49(38-15-7-4-8-16-38)55-33-44(34)40-25-28-48-52(32-40)58-51-20-12-11-19-47(51)54(48)45-18-10-9-17-42(45)43-31-41(26-27-46(43)54)53-56-35(2)30-50(57-53)39-23-21-37(22-24-39)36-13-5-3-6-14-36/h3-33H,1-2H3. The summed E-state index contributed by atoms with van der Waals surface area (Å²) in [6.07, 6.45) is 2.04. The second kappa shape index (κ2) is 13.7. The molecule has 2 aliphatic rings. The molecule has 9 aromatic rings. The average Bonchev–Trinajstić information content (AvgIpc) is 3.56. The van der Waals surface area contributed by atoms with Crippen molar-refractivity contribution < 1.29 is 0 Å². The van der Waals surface area contributed by atoms with Crippen LogP contribution in [0.2, 0.25) is 0 Å². The predicted octanol–water partition coefficient (Wildman–Crippen LogP) is 13.7. The van der Waals surface area contributed by atoms with Crippen LogP contribution in [0.25, 0.3) is 67.3 Å². The topological polar surface area (TPSA) is 38.7 Å². The van der Waals surface area contributed by atoms with Crippen molar-refractivity contribution in [1.82, 2.24) is 15.0 Å². The molecule has 0 radical (unpaired) electrons. The fraction of sp³-hybridized carbons (Fsp3) is 0.0556. The molecule has 1 atom stereocenters. The Bertz CT molecular complexity index is 3050. The molecular weight excluding hydrogens is 723 g/mol. The van der Waals surface area contributed by atoms with Gasteiger partial charge < -0.3 is 0 Å². The largest absolute Gasteiger partial charge is 0.256 e. The molecule has 3 nitrogen and oxygen atoms in total. The smallest absolute Gasteiger partial charge is 0.160 e. The van der Waals surface area contributed by atoms with Crippen LogP contribution in [0.15, 0.2) is 198 Å². The summed E-state index contributed by atoms with van der Waals surface area (Å²) in [6.45, 7) is 4.25. The molecular formula is C54H37N3S. The van der Waals surface area contributed by atoms with Crippen molar-refractivity contribution in [2.24, 2.45) is 0 Å². The van der Waals surface area contributed by atoms with Gasteiger partial charge in [-0.3, -0.25) is 4.98 Å². The predicted molar refractivity (Wildman–Crippen MR) is 238 cm³/mol. The van der Waals surface area contributed by atoms with Crippen LogP contribution in [0.3, 0.4) is 0 Å². The van der Waals surface area contributed by atoms with Crippen molar-refractivity contribution in [2.45, 2.75) is 29.1 Å². The second-order valence-electron chi connectivity index (χ2n) is 15.3. The minimum atomic E-state index is -0.482. The highest BCUT2D eigenvalue weighted by Gasteiger charge is 2.50. The molecule has 1 unspecified atom stereocenters. The number of hydrogen-bond donors (Lipinski definition) is 0. The first-order valence-electron chi connectivity index (χ1n) is 19.8. The number of fused-ring (bicyclic) bond motifs is 9. The summed E-state index contributed by atoms with van der Waals surface area (Å²) in [4.78, 5) is 17.6. The highest BCUT2D eigenvalue weighted by molar-refractivity contribution is 7.99. The molecule has 0 N–H and O–H groups in total. The lowest BCUT2D eigenvalue weighted by Crippen LogP contribution is -2.32. The van der Waals surface area contributed by atoms with Gasteiger partial charge in [0.15, 0.2) is 5.82 Å². The van der Waals surface area contributed by atoms with E-state index in [-0.39, 0.29) is 0 Å². The van der Waals surface area contributed by atoms with Crippen LogP contribution in [0.1, 0.15) is 33.5 Å². The van der Waals surface area contributed by atoms with Gasteiger partial charge in [0.2, 0.25) is 0 Å². The lowest BCUT2D eigenvalue weighted by molar-refractivity contribution is 0.722. The van der Waals surface area contributed by atoms with Gasteiger partial charge in [0.1, 0.15) is 0 Å². The summed E-state index contributed by atoms with van der Waals surface area (Å²) < 4.78 is 0. The number of rotatable bonds is 5. The maximum atomic E-state index is 5.18. The molecule has 1 aliphatic carbocycles. The Morgan fingerprint density at radius 3 is 1.78 bits per heavy atom. The Kier molecular flexibility index (Phi) is 8.09. The Balaban J connectivity index is 1.03. The molecule has 58 heavy (non-hydrogen) atoms. The SMILES string of the molecule is Cc1cc(-c2ccc(-c3ccccc3)cc2)nc(-c2ccc3c(c2)-c2ccccc2C32c3ccccc3Sc3cc(-c4cnc(-c5ccccc5)cc4C)ccc32)n1. The van der Waals surface area contributed by atoms with Crippen molar-refractivity contribution in [3.8, 4) is 67.3 Å². The van der Waals surface area contributed by atoms with Gasteiger partial charge in [0.25, 0.3) is 0 Å². The van der Waals surface area contributed by atoms with Gasteiger partial charge in [-0.1, -0.05) is 163 Å². The maximum absolute atomic E-state index is 5.18. The van der Waals surface area contributed by atoms with E-state index >= 15 is 0 Å². The van der Waals surface area contributed by atoms with Crippen molar-refractivity contribution in [3.05, 3.63) is 222 Å². The molecule has 7 aromatic carbocycles. The first-order chi connectivity index (χ1) is 28.5. The van der Waals surface area contributed by atoms with E-state index in [1.165, 1.54) is 65.4 Å². The zero-order valence-electron chi connectivity index (χ0n) is 32.1. The number of benzene rings is 7.